The van der Waals surface area contributed by atoms with Crippen LogP contribution < -0.4 is 9.47 Å². The number of ether oxygens (including phenoxy) is 3. The molecule has 2 aromatic carbocycles. The summed E-state index contributed by atoms with van der Waals surface area (Å²) in [4.78, 5) is 30.2. The average molecular weight is 481 g/mol. The van der Waals surface area contributed by atoms with Gasteiger partial charge in [0.25, 0.3) is 0 Å². The molecule has 2 aromatic rings. The summed E-state index contributed by atoms with van der Waals surface area (Å²) in [6.45, 7) is 1.29. The van der Waals surface area contributed by atoms with Gasteiger partial charge in [0.05, 0.1) is 32.2 Å². The molecule has 0 N–H and O–H groups in total. The molecule has 1 aliphatic heterocycles. The number of rotatable bonds is 7. The largest absolute Gasteiger partial charge is 0.493 e. The summed E-state index contributed by atoms with van der Waals surface area (Å²) in [5, 5.41) is 0. The van der Waals surface area contributed by atoms with Crippen molar-refractivity contribution in [2.45, 2.75) is 44.2 Å². The van der Waals surface area contributed by atoms with Gasteiger partial charge in [-0.25, -0.2) is 0 Å². The second-order valence-electron chi connectivity index (χ2n) is 9.80. The van der Waals surface area contributed by atoms with E-state index in [0.717, 1.165) is 17.5 Å². The highest BCUT2D eigenvalue weighted by atomic mass is 16.5. The third-order valence-electron chi connectivity index (χ3n) is 7.35. The predicted molar refractivity (Wildman–Crippen MR) is 133 cm³/mol. The summed E-state index contributed by atoms with van der Waals surface area (Å²) in [5.41, 5.74) is 2.82. The van der Waals surface area contributed by atoms with Crippen molar-refractivity contribution in [3.63, 3.8) is 0 Å². The van der Waals surface area contributed by atoms with Gasteiger partial charge in [0.2, 0.25) is 5.91 Å². The van der Waals surface area contributed by atoms with Crippen molar-refractivity contribution in [1.29, 1.82) is 0 Å². The maximum Gasteiger partial charge on any atom is 0.309 e. The molecule has 0 unspecified atom stereocenters. The quantitative estimate of drug-likeness (QED) is 0.562. The molecule has 0 radical (unpaired) electrons. The first-order valence-electron chi connectivity index (χ1n) is 12.3. The number of hydrogen-bond donors (Lipinski definition) is 0. The van der Waals surface area contributed by atoms with Crippen molar-refractivity contribution in [1.82, 2.24) is 9.80 Å². The van der Waals surface area contributed by atoms with Gasteiger partial charge in [-0.05, 0) is 75.0 Å². The lowest BCUT2D eigenvalue weighted by atomic mass is 9.68. The van der Waals surface area contributed by atoms with Crippen LogP contribution in [0.2, 0.25) is 0 Å². The van der Waals surface area contributed by atoms with Crippen LogP contribution in [-0.2, 0) is 32.9 Å². The molecule has 2 aliphatic rings. The molecule has 188 valence electrons. The average Bonchev–Trinajstić information content (AvgIpc) is 2.87. The molecule has 7 heteroatoms. The first-order chi connectivity index (χ1) is 16.9. The monoisotopic (exact) mass is 480 g/mol. The van der Waals surface area contributed by atoms with Crippen LogP contribution in [0.5, 0.6) is 11.5 Å². The number of carbonyl (C=O) groups is 2. The lowest BCUT2D eigenvalue weighted by Gasteiger charge is -2.52. The Hall–Kier alpha value is -3.06. The highest BCUT2D eigenvalue weighted by molar-refractivity contribution is 5.80. The van der Waals surface area contributed by atoms with Crippen LogP contribution in [0.4, 0.5) is 0 Å². The van der Waals surface area contributed by atoms with Gasteiger partial charge in [0, 0.05) is 6.54 Å². The zero-order valence-electron chi connectivity index (χ0n) is 21.2. The number of nitrogens with zero attached hydrogens (tertiary/aromatic N) is 2. The van der Waals surface area contributed by atoms with Crippen molar-refractivity contribution < 1.29 is 23.8 Å². The van der Waals surface area contributed by atoms with E-state index in [4.69, 9.17) is 14.2 Å². The Bertz CT molecular complexity index is 1040. The number of fused-ring (bicyclic) bond motifs is 2. The van der Waals surface area contributed by atoms with Crippen LogP contribution in [0.1, 0.15) is 42.4 Å². The Labute approximate surface area is 207 Å². The maximum absolute atomic E-state index is 13.4. The number of benzene rings is 2. The molecule has 1 spiro atoms. The Morgan fingerprint density at radius 2 is 1.69 bits per heavy atom. The van der Waals surface area contributed by atoms with E-state index in [-0.39, 0.29) is 24.4 Å². The van der Waals surface area contributed by atoms with Gasteiger partial charge in [-0.15, -0.1) is 0 Å². The molecule has 0 aromatic heterocycles. The van der Waals surface area contributed by atoms with E-state index in [9.17, 15) is 9.59 Å². The third-order valence-corrected chi connectivity index (χ3v) is 7.35. The van der Waals surface area contributed by atoms with E-state index in [1.807, 2.05) is 66.4 Å². The molecule has 1 amide bonds. The Morgan fingerprint density at radius 3 is 2.31 bits per heavy atom. The van der Waals surface area contributed by atoms with E-state index >= 15 is 0 Å². The summed E-state index contributed by atoms with van der Waals surface area (Å²) in [7, 11) is 7.10. The number of methoxy groups -OCH3 is 2. The predicted octanol–water partition coefficient (Wildman–Crippen LogP) is 3.78. The van der Waals surface area contributed by atoms with Crippen LogP contribution in [0.15, 0.2) is 42.5 Å². The Morgan fingerprint density at radius 1 is 1.03 bits per heavy atom. The summed E-state index contributed by atoms with van der Waals surface area (Å²) >= 11 is 0. The van der Waals surface area contributed by atoms with E-state index in [1.165, 1.54) is 5.56 Å². The van der Waals surface area contributed by atoms with E-state index < -0.39 is 5.54 Å². The molecule has 1 fully saturated rings. The van der Waals surface area contributed by atoms with Crippen molar-refractivity contribution in [3.05, 3.63) is 59.2 Å². The van der Waals surface area contributed by atoms with Gasteiger partial charge in [-0.1, -0.05) is 30.3 Å². The minimum absolute atomic E-state index is 0.112. The van der Waals surface area contributed by atoms with Gasteiger partial charge in [-0.3, -0.25) is 9.59 Å². The van der Waals surface area contributed by atoms with Crippen LogP contribution in [0, 0.1) is 5.92 Å². The summed E-state index contributed by atoms with van der Waals surface area (Å²) in [5.74, 6) is 1.16. The minimum Gasteiger partial charge on any atom is -0.493 e. The zero-order chi connectivity index (χ0) is 25.0. The highest BCUT2D eigenvalue weighted by Gasteiger charge is 2.48. The number of carbonyl (C=O) groups excluding carboxylic acids is 2. The molecular weight excluding hydrogens is 444 g/mol. The van der Waals surface area contributed by atoms with Crippen LogP contribution in [0.3, 0.4) is 0 Å². The Kier molecular flexibility index (Phi) is 7.65. The highest BCUT2D eigenvalue weighted by Crippen LogP contribution is 2.50. The molecule has 4 rings (SSSR count). The number of esters is 1. The second-order valence-corrected chi connectivity index (χ2v) is 9.80. The molecule has 1 heterocycles. The molecule has 7 nitrogen and oxygen atoms in total. The molecule has 0 atom stereocenters. The summed E-state index contributed by atoms with van der Waals surface area (Å²) in [6.07, 6.45) is 3.53. The molecule has 0 saturated heterocycles. The zero-order valence-corrected chi connectivity index (χ0v) is 21.2. The van der Waals surface area contributed by atoms with Crippen LogP contribution >= 0.6 is 0 Å². The fourth-order valence-electron chi connectivity index (χ4n) is 5.59. The van der Waals surface area contributed by atoms with Crippen molar-refractivity contribution in [2.75, 3.05) is 41.4 Å². The fraction of sp³-hybridized carbons (Fsp3) is 0.500. The van der Waals surface area contributed by atoms with Gasteiger partial charge >= 0.3 is 5.97 Å². The molecular formula is C28H36N2O5. The first kappa shape index (κ1) is 25.0. The maximum atomic E-state index is 13.4. The topological polar surface area (TPSA) is 68.3 Å². The standard InChI is InChI=1S/C28H36N2O5/c1-29(2)18-26(31)30-15-12-22-16-24(33-3)25(34-4)17-23(22)28(30)13-10-21(11-14-28)27(32)35-19-20-8-6-5-7-9-20/h5-9,16-17,21H,10-15,18-19H2,1-4H3. The first-order valence-corrected chi connectivity index (χ1v) is 12.3. The van der Waals surface area contributed by atoms with Gasteiger partial charge in [-0.2, -0.15) is 0 Å². The van der Waals surface area contributed by atoms with E-state index in [1.54, 1.807) is 14.2 Å². The summed E-state index contributed by atoms with van der Waals surface area (Å²) in [6, 6.07) is 13.8. The van der Waals surface area contributed by atoms with Gasteiger partial charge in [0.15, 0.2) is 11.5 Å². The normalized spacial score (nSPS) is 21.5. The third kappa shape index (κ3) is 5.15. The fourth-order valence-corrected chi connectivity index (χ4v) is 5.59. The molecule has 1 saturated carbocycles. The van der Waals surface area contributed by atoms with E-state index in [0.29, 0.717) is 50.3 Å². The van der Waals surface area contributed by atoms with Gasteiger partial charge < -0.3 is 24.0 Å². The van der Waals surface area contributed by atoms with Crippen molar-refractivity contribution >= 4 is 11.9 Å². The number of likely N-dealkylation sites (N-methyl/N-ethyl adjacent to an activating group) is 1. The molecule has 0 bridgehead atoms. The number of hydrogen-bond acceptors (Lipinski definition) is 6. The lowest BCUT2D eigenvalue weighted by Crippen LogP contribution is -2.57. The molecule has 1 aliphatic carbocycles. The van der Waals surface area contributed by atoms with Gasteiger partial charge in [0.1, 0.15) is 6.61 Å². The van der Waals surface area contributed by atoms with Crippen molar-refractivity contribution in [3.8, 4) is 11.5 Å². The van der Waals surface area contributed by atoms with Crippen molar-refractivity contribution in [2.24, 2.45) is 5.92 Å². The lowest BCUT2D eigenvalue weighted by molar-refractivity contribution is -0.153. The smallest absolute Gasteiger partial charge is 0.309 e. The van der Waals surface area contributed by atoms with Crippen LogP contribution in [0.25, 0.3) is 0 Å². The van der Waals surface area contributed by atoms with E-state index in [2.05, 4.69) is 0 Å². The summed E-state index contributed by atoms with van der Waals surface area (Å²) < 4.78 is 16.8. The second kappa shape index (κ2) is 10.7. The Balaban J connectivity index is 1.58. The minimum atomic E-state index is -0.462. The van der Waals surface area contributed by atoms with Crippen LogP contribution in [-0.4, -0.2) is 63.1 Å². The SMILES string of the molecule is COc1cc2c(cc1OC)C1(CCC(C(=O)OCc3ccccc3)CC1)N(C(=O)CN(C)C)CC2. The number of amides is 1. The molecule has 35 heavy (non-hydrogen) atoms.